The Morgan fingerprint density at radius 2 is 2.41 bits per heavy atom. The highest BCUT2D eigenvalue weighted by molar-refractivity contribution is 6.30. The van der Waals surface area contributed by atoms with Crippen LogP contribution in [0, 0.1) is 5.92 Å². The maximum absolute atomic E-state index is 5.96. The molecule has 1 aliphatic rings. The summed E-state index contributed by atoms with van der Waals surface area (Å²) in [5, 5.41) is 0.753. The average Bonchev–Trinajstić information content (AvgIpc) is 2.32. The van der Waals surface area contributed by atoms with Gasteiger partial charge < -0.3 is 4.74 Å². The van der Waals surface area contributed by atoms with Gasteiger partial charge in [-0.3, -0.25) is 9.88 Å². The lowest BCUT2D eigenvalue weighted by Gasteiger charge is -2.35. The molecule has 1 saturated heterocycles. The molecule has 1 aromatic rings. The van der Waals surface area contributed by atoms with Crippen molar-refractivity contribution in [2.24, 2.45) is 5.92 Å². The summed E-state index contributed by atoms with van der Waals surface area (Å²) in [6, 6.07) is 3.74. The van der Waals surface area contributed by atoms with E-state index < -0.39 is 0 Å². The van der Waals surface area contributed by atoms with E-state index in [2.05, 4.69) is 16.8 Å². The zero-order valence-corrected chi connectivity index (χ0v) is 11.2. The number of ether oxygens (including phenoxy) is 1. The van der Waals surface area contributed by atoms with Crippen LogP contribution < -0.4 is 0 Å². The van der Waals surface area contributed by atoms with E-state index in [1.807, 2.05) is 6.07 Å². The zero-order valence-electron chi connectivity index (χ0n) is 10.4. The summed E-state index contributed by atoms with van der Waals surface area (Å²) in [5.41, 5.74) is 1.03. The quantitative estimate of drug-likeness (QED) is 0.829. The van der Waals surface area contributed by atoms with Crippen molar-refractivity contribution in [3.63, 3.8) is 0 Å². The van der Waals surface area contributed by atoms with Gasteiger partial charge in [-0.15, -0.1) is 0 Å². The molecule has 2 rings (SSSR count). The van der Waals surface area contributed by atoms with Crippen LogP contribution in [0.1, 0.15) is 19.0 Å². The molecule has 4 heteroatoms. The molecular formula is C13H19ClN2O. The first kappa shape index (κ1) is 12.8. The summed E-state index contributed by atoms with van der Waals surface area (Å²) in [5.74, 6) is 0.642. The molecule has 94 valence electrons. The Kier molecular flexibility index (Phi) is 4.37. The molecule has 3 nitrogen and oxygen atoms in total. The van der Waals surface area contributed by atoms with Crippen molar-refractivity contribution in [3.8, 4) is 0 Å². The highest BCUT2D eigenvalue weighted by atomic mass is 35.5. The number of hydrogen-bond acceptors (Lipinski definition) is 3. The van der Waals surface area contributed by atoms with Gasteiger partial charge in [0, 0.05) is 31.4 Å². The number of pyridine rings is 1. The van der Waals surface area contributed by atoms with E-state index in [4.69, 9.17) is 16.3 Å². The van der Waals surface area contributed by atoms with Gasteiger partial charge in [0.05, 0.1) is 11.8 Å². The number of methoxy groups -OCH3 is 1. The van der Waals surface area contributed by atoms with Crippen molar-refractivity contribution in [2.75, 3.05) is 20.2 Å². The number of nitrogens with zero attached hydrogens (tertiary/aromatic N) is 2. The van der Waals surface area contributed by atoms with E-state index in [9.17, 15) is 0 Å². The van der Waals surface area contributed by atoms with Gasteiger partial charge in [-0.2, -0.15) is 0 Å². The highest BCUT2D eigenvalue weighted by Crippen LogP contribution is 2.21. The molecule has 0 saturated carbocycles. The van der Waals surface area contributed by atoms with Gasteiger partial charge in [0.1, 0.15) is 0 Å². The normalized spacial score (nSPS) is 26.1. The van der Waals surface area contributed by atoms with Crippen LogP contribution in [0.2, 0.25) is 5.02 Å². The van der Waals surface area contributed by atoms with Crippen molar-refractivity contribution in [2.45, 2.75) is 26.0 Å². The third-order valence-corrected chi connectivity index (χ3v) is 3.68. The second-order valence-electron chi connectivity index (χ2n) is 4.74. The van der Waals surface area contributed by atoms with Crippen LogP contribution in [0.15, 0.2) is 18.3 Å². The molecule has 1 aromatic heterocycles. The first-order valence-corrected chi connectivity index (χ1v) is 6.42. The van der Waals surface area contributed by atoms with Crippen LogP contribution in [0.25, 0.3) is 0 Å². The lowest BCUT2D eigenvalue weighted by atomic mass is 9.96. The van der Waals surface area contributed by atoms with E-state index in [1.165, 1.54) is 6.42 Å². The maximum Gasteiger partial charge on any atom is 0.0724 e. The number of hydrogen-bond donors (Lipinski definition) is 0. The molecule has 1 aliphatic heterocycles. The van der Waals surface area contributed by atoms with Crippen LogP contribution in [0.3, 0.4) is 0 Å². The van der Waals surface area contributed by atoms with E-state index >= 15 is 0 Å². The van der Waals surface area contributed by atoms with Crippen molar-refractivity contribution >= 4 is 11.6 Å². The van der Waals surface area contributed by atoms with E-state index in [0.717, 1.165) is 30.4 Å². The second kappa shape index (κ2) is 5.80. The number of aromatic nitrogens is 1. The summed E-state index contributed by atoms with van der Waals surface area (Å²) in [6.07, 6.45) is 3.28. The number of likely N-dealkylation sites (tertiary alicyclic amines) is 1. The molecule has 2 atom stereocenters. The van der Waals surface area contributed by atoms with Crippen molar-refractivity contribution in [3.05, 3.63) is 29.0 Å². The number of halogens is 1. The number of piperidine rings is 1. The minimum atomic E-state index is 0.336. The zero-order chi connectivity index (χ0) is 12.3. The molecule has 1 fully saturated rings. The van der Waals surface area contributed by atoms with Crippen molar-refractivity contribution < 1.29 is 4.74 Å². The van der Waals surface area contributed by atoms with Crippen LogP contribution in [0.4, 0.5) is 0 Å². The minimum Gasteiger partial charge on any atom is -0.380 e. The van der Waals surface area contributed by atoms with Gasteiger partial charge in [-0.25, -0.2) is 0 Å². The first-order valence-electron chi connectivity index (χ1n) is 6.04. The topological polar surface area (TPSA) is 25.4 Å². The minimum absolute atomic E-state index is 0.336. The first-order chi connectivity index (χ1) is 8.19. The van der Waals surface area contributed by atoms with Crippen LogP contribution in [0.5, 0.6) is 0 Å². The maximum atomic E-state index is 5.96. The Balaban J connectivity index is 1.95. The summed E-state index contributed by atoms with van der Waals surface area (Å²) < 4.78 is 5.51. The lowest BCUT2D eigenvalue weighted by Crippen LogP contribution is -2.43. The monoisotopic (exact) mass is 254 g/mol. The van der Waals surface area contributed by atoms with E-state index in [0.29, 0.717) is 12.0 Å². The molecule has 17 heavy (non-hydrogen) atoms. The fourth-order valence-electron chi connectivity index (χ4n) is 2.31. The molecule has 0 amide bonds. The molecule has 2 unspecified atom stereocenters. The van der Waals surface area contributed by atoms with E-state index in [1.54, 1.807) is 19.4 Å². The fourth-order valence-corrected chi connectivity index (χ4v) is 2.49. The molecule has 0 bridgehead atoms. The second-order valence-corrected chi connectivity index (χ2v) is 5.18. The third-order valence-electron chi connectivity index (χ3n) is 3.44. The number of rotatable bonds is 3. The molecule has 0 aliphatic carbocycles. The smallest absolute Gasteiger partial charge is 0.0724 e. The molecule has 2 heterocycles. The highest BCUT2D eigenvalue weighted by Gasteiger charge is 2.25. The van der Waals surface area contributed by atoms with Gasteiger partial charge in [-0.1, -0.05) is 18.5 Å². The van der Waals surface area contributed by atoms with Crippen molar-refractivity contribution in [1.82, 2.24) is 9.88 Å². The average molecular weight is 255 g/mol. The Hall–Kier alpha value is -0.640. The van der Waals surface area contributed by atoms with Gasteiger partial charge in [0.2, 0.25) is 0 Å². The summed E-state index contributed by atoms with van der Waals surface area (Å²) in [6.45, 7) is 5.19. The SMILES string of the molecule is COC1CN(Cc2cc(Cl)ccn2)CCC1C. The standard InChI is InChI=1S/C13H19ClN2O/c1-10-4-6-16(9-13(10)17-2)8-12-7-11(14)3-5-15-12/h3,5,7,10,13H,4,6,8-9H2,1-2H3. The van der Waals surface area contributed by atoms with Gasteiger partial charge in [0.25, 0.3) is 0 Å². The Morgan fingerprint density at radius 1 is 1.59 bits per heavy atom. The molecule has 0 radical (unpaired) electrons. The Labute approximate surface area is 108 Å². The Bertz CT molecular complexity index is 372. The van der Waals surface area contributed by atoms with Gasteiger partial charge in [-0.05, 0) is 31.0 Å². The summed E-state index contributed by atoms with van der Waals surface area (Å²) in [7, 11) is 1.79. The van der Waals surface area contributed by atoms with E-state index in [-0.39, 0.29) is 0 Å². The predicted molar refractivity (Wildman–Crippen MR) is 69.1 cm³/mol. The van der Waals surface area contributed by atoms with Gasteiger partial charge in [0.15, 0.2) is 0 Å². The largest absolute Gasteiger partial charge is 0.380 e. The van der Waals surface area contributed by atoms with Crippen LogP contribution in [-0.2, 0) is 11.3 Å². The van der Waals surface area contributed by atoms with Gasteiger partial charge >= 0.3 is 0 Å². The van der Waals surface area contributed by atoms with Crippen molar-refractivity contribution in [1.29, 1.82) is 0 Å². The molecule has 0 aromatic carbocycles. The Morgan fingerprint density at radius 3 is 3.12 bits per heavy atom. The lowest BCUT2D eigenvalue weighted by molar-refractivity contribution is -0.00778. The van der Waals surface area contributed by atoms with Crippen LogP contribution in [-0.4, -0.2) is 36.2 Å². The predicted octanol–water partition coefficient (Wildman–Crippen LogP) is 2.59. The molecular weight excluding hydrogens is 236 g/mol. The molecule has 0 spiro atoms. The summed E-state index contributed by atoms with van der Waals surface area (Å²) in [4.78, 5) is 6.72. The molecule has 0 N–H and O–H groups in total. The fraction of sp³-hybridized carbons (Fsp3) is 0.615. The van der Waals surface area contributed by atoms with Crippen LogP contribution >= 0.6 is 11.6 Å². The third kappa shape index (κ3) is 3.41. The summed E-state index contributed by atoms with van der Waals surface area (Å²) >= 11 is 5.96.